The Bertz CT molecular complexity index is 573. The van der Waals surface area contributed by atoms with Gasteiger partial charge in [0.1, 0.15) is 5.69 Å². The Morgan fingerprint density at radius 2 is 2.10 bits per heavy atom. The summed E-state index contributed by atoms with van der Waals surface area (Å²) in [6.07, 6.45) is 0. The number of carbonyl (C=O) groups is 1. The molecule has 1 heterocycles. The van der Waals surface area contributed by atoms with E-state index in [9.17, 15) is 14.9 Å². The van der Waals surface area contributed by atoms with Gasteiger partial charge in [-0.25, -0.2) is 4.79 Å². The van der Waals surface area contributed by atoms with Crippen molar-refractivity contribution in [3.05, 3.63) is 33.9 Å². The zero-order valence-corrected chi connectivity index (χ0v) is 12.3. The van der Waals surface area contributed by atoms with Crippen LogP contribution in [0.1, 0.15) is 17.3 Å². The fraction of sp³-hybridized carbons (Fsp3) is 0.500. The van der Waals surface area contributed by atoms with Crippen LogP contribution in [0, 0.1) is 16.0 Å². The number of nitro benzene ring substituents is 1. The van der Waals surface area contributed by atoms with Crippen molar-refractivity contribution in [2.75, 3.05) is 32.1 Å². The molecule has 1 saturated heterocycles. The summed E-state index contributed by atoms with van der Waals surface area (Å²) < 4.78 is 0. The second-order valence-electron chi connectivity index (χ2n) is 5.68. The Hall–Kier alpha value is -2.15. The molecule has 114 valence electrons. The van der Waals surface area contributed by atoms with Crippen molar-refractivity contribution >= 4 is 17.3 Å². The van der Waals surface area contributed by atoms with E-state index >= 15 is 0 Å². The molecule has 0 spiro atoms. The lowest BCUT2D eigenvalue weighted by atomic mass is 10.1. The number of hydrogen-bond donors (Lipinski definition) is 1. The molecule has 2 rings (SSSR count). The van der Waals surface area contributed by atoms with Crippen LogP contribution in [0.4, 0.5) is 11.4 Å². The highest BCUT2D eigenvalue weighted by molar-refractivity contribution is 5.90. The molecular weight excluding hydrogens is 274 g/mol. The SMILES string of the molecule is CC1CN(c2cc(C(=O)O)ccc2[N+](=O)[O-])CC1N(C)C. The van der Waals surface area contributed by atoms with Crippen molar-refractivity contribution in [2.45, 2.75) is 13.0 Å². The molecule has 1 fully saturated rings. The van der Waals surface area contributed by atoms with Crippen molar-refractivity contribution in [3.8, 4) is 0 Å². The summed E-state index contributed by atoms with van der Waals surface area (Å²) in [7, 11) is 3.96. The van der Waals surface area contributed by atoms with Crippen molar-refractivity contribution in [2.24, 2.45) is 5.92 Å². The summed E-state index contributed by atoms with van der Waals surface area (Å²) in [5.74, 6) is -0.726. The number of nitrogens with zero attached hydrogens (tertiary/aromatic N) is 3. The maximum absolute atomic E-state index is 11.2. The first-order valence-electron chi connectivity index (χ1n) is 6.74. The molecule has 1 aromatic rings. The van der Waals surface area contributed by atoms with E-state index in [2.05, 4.69) is 11.8 Å². The lowest BCUT2D eigenvalue weighted by molar-refractivity contribution is -0.384. The Morgan fingerprint density at radius 3 is 2.57 bits per heavy atom. The number of hydrogen-bond acceptors (Lipinski definition) is 5. The van der Waals surface area contributed by atoms with Crippen molar-refractivity contribution in [1.82, 2.24) is 4.90 Å². The number of nitro groups is 1. The third kappa shape index (κ3) is 2.97. The number of aromatic carboxylic acids is 1. The van der Waals surface area contributed by atoms with Crippen molar-refractivity contribution in [3.63, 3.8) is 0 Å². The minimum Gasteiger partial charge on any atom is -0.478 e. The quantitative estimate of drug-likeness (QED) is 0.671. The van der Waals surface area contributed by atoms with Gasteiger partial charge in [0.05, 0.1) is 10.5 Å². The number of anilines is 1. The lowest BCUT2D eigenvalue weighted by Gasteiger charge is -2.23. The van der Waals surface area contributed by atoms with Gasteiger partial charge in [-0.1, -0.05) is 6.92 Å². The predicted molar refractivity (Wildman–Crippen MR) is 78.9 cm³/mol. The van der Waals surface area contributed by atoms with Crippen LogP contribution < -0.4 is 4.90 Å². The fourth-order valence-electron chi connectivity index (χ4n) is 2.88. The minimum absolute atomic E-state index is 0.0494. The molecule has 2 atom stereocenters. The summed E-state index contributed by atoms with van der Waals surface area (Å²) in [6, 6.07) is 4.22. The molecule has 7 nitrogen and oxygen atoms in total. The van der Waals surface area contributed by atoms with Crippen LogP contribution in [-0.4, -0.2) is 54.1 Å². The first-order chi connectivity index (χ1) is 9.81. The van der Waals surface area contributed by atoms with Crippen LogP contribution in [0.25, 0.3) is 0 Å². The van der Waals surface area contributed by atoms with E-state index in [4.69, 9.17) is 5.11 Å². The molecule has 2 unspecified atom stereocenters. The van der Waals surface area contributed by atoms with Gasteiger partial charge in [0, 0.05) is 25.2 Å². The van der Waals surface area contributed by atoms with Crippen LogP contribution in [0.2, 0.25) is 0 Å². The molecule has 1 aliphatic rings. The van der Waals surface area contributed by atoms with Gasteiger partial charge in [-0.3, -0.25) is 10.1 Å². The number of rotatable bonds is 4. The highest BCUT2D eigenvalue weighted by Gasteiger charge is 2.34. The molecule has 0 bridgehead atoms. The molecule has 0 radical (unpaired) electrons. The molecule has 21 heavy (non-hydrogen) atoms. The number of carboxylic acids is 1. The fourth-order valence-corrected chi connectivity index (χ4v) is 2.88. The summed E-state index contributed by atoms with van der Waals surface area (Å²) in [4.78, 5) is 25.8. The van der Waals surface area contributed by atoms with E-state index in [1.165, 1.54) is 18.2 Å². The lowest BCUT2D eigenvalue weighted by Crippen LogP contribution is -2.34. The van der Waals surface area contributed by atoms with E-state index in [1.54, 1.807) is 0 Å². The third-order valence-electron chi connectivity index (χ3n) is 4.00. The van der Waals surface area contributed by atoms with E-state index < -0.39 is 10.9 Å². The Morgan fingerprint density at radius 1 is 1.43 bits per heavy atom. The third-order valence-corrected chi connectivity index (χ3v) is 4.00. The van der Waals surface area contributed by atoms with E-state index in [0.29, 0.717) is 24.7 Å². The topological polar surface area (TPSA) is 86.9 Å². The minimum atomic E-state index is -1.08. The second kappa shape index (κ2) is 5.69. The van der Waals surface area contributed by atoms with Crippen LogP contribution in [0.3, 0.4) is 0 Å². The average molecular weight is 293 g/mol. The van der Waals surface area contributed by atoms with Gasteiger partial charge in [0.2, 0.25) is 0 Å². The van der Waals surface area contributed by atoms with Gasteiger partial charge in [0.15, 0.2) is 0 Å². The summed E-state index contributed by atoms with van der Waals surface area (Å²) in [6.45, 7) is 3.42. The number of benzene rings is 1. The second-order valence-corrected chi connectivity index (χ2v) is 5.68. The van der Waals surface area contributed by atoms with E-state index in [1.807, 2.05) is 19.0 Å². The van der Waals surface area contributed by atoms with Crippen LogP contribution >= 0.6 is 0 Å². The molecular formula is C14H19N3O4. The first kappa shape index (κ1) is 15.2. The smallest absolute Gasteiger partial charge is 0.335 e. The van der Waals surface area contributed by atoms with Gasteiger partial charge < -0.3 is 14.9 Å². The zero-order valence-electron chi connectivity index (χ0n) is 12.3. The van der Waals surface area contributed by atoms with Crippen molar-refractivity contribution < 1.29 is 14.8 Å². The molecule has 1 aromatic carbocycles. The van der Waals surface area contributed by atoms with Gasteiger partial charge in [-0.15, -0.1) is 0 Å². The van der Waals surface area contributed by atoms with Crippen LogP contribution in [-0.2, 0) is 0 Å². The number of carboxylic acid groups (broad SMARTS) is 1. The normalized spacial score (nSPS) is 21.8. The molecule has 1 N–H and O–H groups in total. The van der Waals surface area contributed by atoms with Gasteiger partial charge >= 0.3 is 5.97 Å². The summed E-state index contributed by atoms with van der Waals surface area (Å²) >= 11 is 0. The Balaban J connectivity index is 2.40. The molecule has 0 aliphatic carbocycles. The van der Waals surface area contributed by atoms with E-state index in [0.717, 1.165) is 0 Å². The number of likely N-dealkylation sites (N-methyl/N-ethyl adjacent to an activating group) is 1. The maximum Gasteiger partial charge on any atom is 0.335 e. The molecule has 0 aromatic heterocycles. The van der Waals surface area contributed by atoms with Gasteiger partial charge in [-0.2, -0.15) is 0 Å². The molecule has 0 saturated carbocycles. The standard InChI is InChI=1S/C14H19N3O4/c1-9-7-16(8-13(9)15(2)3)12-6-10(14(18)19)4-5-11(12)17(20)21/h4-6,9,13H,7-8H2,1-3H3,(H,18,19). The molecule has 7 heteroatoms. The van der Waals surface area contributed by atoms with Crippen LogP contribution in [0.15, 0.2) is 18.2 Å². The van der Waals surface area contributed by atoms with Gasteiger partial charge in [-0.05, 0) is 32.1 Å². The zero-order chi connectivity index (χ0) is 15.7. The van der Waals surface area contributed by atoms with Gasteiger partial charge in [0.25, 0.3) is 5.69 Å². The maximum atomic E-state index is 11.2. The average Bonchev–Trinajstić information content (AvgIpc) is 2.80. The molecule has 1 aliphatic heterocycles. The Labute approximate surface area is 122 Å². The largest absolute Gasteiger partial charge is 0.478 e. The van der Waals surface area contributed by atoms with Crippen molar-refractivity contribution in [1.29, 1.82) is 0 Å². The monoisotopic (exact) mass is 293 g/mol. The Kier molecular flexibility index (Phi) is 4.13. The van der Waals surface area contributed by atoms with E-state index in [-0.39, 0.29) is 17.3 Å². The predicted octanol–water partition coefficient (Wildman–Crippen LogP) is 1.68. The highest BCUT2D eigenvalue weighted by atomic mass is 16.6. The first-order valence-corrected chi connectivity index (χ1v) is 6.74. The highest BCUT2D eigenvalue weighted by Crippen LogP contribution is 2.34. The molecule has 0 amide bonds. The summed E-state index contributed by atoms with van der Waals surface area (Å²) in [5.41, 5.74) is 0.402. The van der Waals surface area contributed by atoms with Crippen LogP contribution in [0.5, 0.6) is 0 Å². The summed E-state index contributed by atoms with van der Waals surface area (Å²) in [5, 5.41) is 20.3.